The van der Waals surface area contributed by atoms with Gasteiger partial charge in [-0.1, -0.05) is 6.58 Å². The zero-order valence-corrected chi connectivity index (χ0v) is 4.26. The van der Waals surface area contributed by atoms with E-state index in [0.717, 1.165) is 0 Å². The van der Waals surface area contributed by atoms with Crippen molar-refractivity contribution in [2.45, 2.75) is 6.10 Å². The molecule has 0 aromatic heterocycles. The first-order valence-corrected chi connectivity index (χ1v) is 2.26. The number of esters is 1. The Balaban J connectivity index is 2.71. The number of cyclic esters (lactones) is 1. The van der Waals surface area contributed by atoms with E-state index in [0.29, 0.717) is 0 Å². The third-order valence-corrected chi connectivity index (χ3v) is 1.04. The van der Waals surface area contributed by atoms with Crippen molar-refractivity contribution in [2.24, 2.45) is 0 Å². The number of hydrogen-bond donors (Lipinski definition) is 1. The van der Waals surface area contributed by atoms with Gasteiger partial charge in [-0.25, -0.2) is 4.79 Å². The highest BCUT2D eigenvalue weighted by atomic mass is 16.6. The molecular weight excluding hydrogens is 108 g/mol. The minimum atomic E-state index is -0.775. The van der Waals surface area contributed by atoms with Gasteiger partial charge in [0.05, 0.1) is 5.57 Å². The van der Waals surface area contributed by atoms with Gasteiger partial charge >= 0.3 is 5.97 Å². The molecule has 0 amide bonds. The van der Waals surface area contributed by atoms with Crippen LogP contribution in [0, 0.1) is 0 Å². The lowest BCUT2D eigenvalue weighted by Crippen LogP contribution is -2.06. The zero-order chi connectivity index (χ0) is 6.15. The molecule has 44 valence electrons. The minimum absolute atomic E-state index is 0.0671. The molecule has 1 atom stereocenters. The molecule has 0 saturated carbocycles. The van der Waals surface area contributed by atoms with Crippen LogP contribution < -0.4 is 0 Å². The summed E-state index contributed by atoms with van der Waals surface area (Å²) >= 11 is 0. The van der Waals surface area contributed by atoms with Crippen molar-refractivity contribution in [3.05, 3.63) is 12.2 Å². The number of carbonyl (C=O) groups excluding carboxylic acids is 1. The lowest BCUT2D eigenvalue weighted by molar-refractivity contribution is -0.135. The Morgan fingerprint density at radius 2 is 2.50 bits per heavy atom. The van der Waals surface area contributed by atoms with Gasteiger partial charge in [0.15, 0.2) is 0 Å². The van der Waals surface area contributed by atoms with Gasteiger partial charge in [-0.3, -0.25) is 0 Å². The topological polar surface area (TPSA) is 46.5 Å². The van der Waals surface area contributed by atoms with Crippen LogP contribution in [0.5, 0.6) is 0 Å². The van der Waals surface area contributed by atoms with Crippen molar-refractivity contribution in [3.8, 4) is 0 Å². The Morgan fingerprint density at radius 3 is 2.62 bits per heavy atom. The van der Waals surface area contributed by atoms with E-state index in [1.54, 1.807) is 0 Å². The van der Waals surface area contributed by atoms with Crippen molar-refractivity contribution in [3.63, 3.8) is 0 Å². The van der Waals surface area contributed by atoms with Gasteiger partial charge in [-0.05, 0) is 0 Å². The lowest BCUT2D eigenvalue weighted by Gasteiger charge is -1.90. The number of hydrogen-bond acceptors (Lipinski definition) is 3. The summed E-state index contributed by atoms with van der Waals surface area (Å²) in [5.41, 5.74) is 0.157. The molecule has 0 aromatic carbocycles. The second-order valence-electron chi connectivity index (χ2n) is 1.64. The van der Waals surface area contributed by atoms with Crippen LogP contribution in [0.2, 0.25) is 0 Å². The Morgan fingerprint density at radius 1 is 1.88 bits per heavy atom. The van der Waals surface area contributed by atoms with Crippen LogP contribution in [0.4, 0.5) is 0 Å². The second kappa shape index (κ2) is 1.59. The number of rotatable bonds is 0. The maximum absolute atomic E-state index is 10.3. The number of carbonyl (C=O) groups is 1. The first kappa shape index (κ1) is 5.31. The predicted molar refractivity (Wildman–Crippen MR) is 26.1 cm³/mol. The van der Waals surface area contributed by atoms with Crippen LogP contribution in [-0.4, -0.2) is 23.8 Å². The van der Waals surface area contributed by atoms with E-state index in [1.165, 1.54) is 0 Å². The van der Waals surface area contributed by atoms with Gasteiger partial charge in [-0.15, -0.1) is 0 Å². The van der Waals surface area contributed by atoms with E-state index in [9.17, 15) is 4.79 Å². The molecule has 1 heterocycles. The summed E-state index contributed by atoms with van der Waals surface area (Å²) in [7, 11) is 0. The summed E-state index contributed by atoms with van der Waals surface area (Å²) in [4.78, 5) is 10.3. The molecule has 0 unspecified atom stereocenters. The van der Waals surface area contributed by atoms with Gasteiger partial charge in [0.2, 0.25) is 0 Å². The summed E-state index contributed by atoms with van der Waals surface area (Å²) in [5, 5.41) is 8.72. The first-order valence-electron chi connectivity index (χ1n) is 2.26. The van der Waals surface area contributed by atoms with E-state index < -0.39 is 12.1 Å². The van der Waals surface area contributed by atoms with Crippen molar-refractivity contribution in [1.29, 1.82) is 0 Å². The monoisotopic (exact) mass is 114 g/mol. The van der Waals surface area contributed by atoms with Crippen LogP contribution in [0.3, 0.4) is 0 Å². The summed E-state index contributed by atoms with van der Waals surface area (Å²) in [6.07, 6.45) is -0.775. The van der Waals surface area contributed by atoms with Crippen molar-refractivity contribution < 1.29 is 14.6 Å². The van der Waals surface area contributed by atoms with Crippen molar-refractivity contribution in [2.75, 3.05) is 6.61 Å². The van der Waals surface area contributed by atoms with Gasteiger partial charge in [-0.2, -0.15) is 0 Å². The molecule has 1 N–H and O–H groups in total. The van der Waals surface area contributed by atoms with Crippen LogP contribution >= 0.6 is 0 Å². The van der Waals surface area contributed by atoms with Gasteiger partial charge < -0.3 is 9.84 Å². The van der Waals surface area contributed by atoms with E-state index in [4.69, 9.17) is 5.11 Å². The first-order chi connectivity index (χ1) is 3.72. The highest BCUT2D eigenvalue weighted by Gasteiger charge is 2.25. The summed E-state index contributed by atoms with van der Waals surface area (Å²) in [5.74, 6) is -0.488. The normalized spacial score (nSPS) is 28.4. The third-order valence-electron chi connectivity index (χ3n) is 1.04. The molecule has 1 aliphatic rings. The fourth-order valence-corrected chi connectivity index (χ4v) is 0.484. The molecule has 3 nitrogen and oxygen atoms in total. The van der Waals surface area contributed by atoms with Crippen molar-refractivity contribution in [1.82, 2.24) is 0 Å². The molecule has 1 aliphatic heterocycles. The average molecular weight is 114 g/mol. The Hall–Kier alpha value is -0.830. The van der Waals surface area contributed by atoms with Crippen LogP contribution in [0.15, 0.2) is 12.2 Å². The van der Waals surface area contributed by atoms with E-state index >= 15 is 0 Å². The highest BCUT2D eigenvalue weighted by molar-refractivity contribution is 5.90. The Bertz CT molecular complexity index is 139. The quantitative estimate of drug-likeness (QED) is 0.340. The molecule has 8 heavy (non-hydrogen) atoms. The van der Waals surface area contributed by atoms with Crippen LogP contribution in [0.1, 0.15) is 0 Å². The largest absolute Gasteiger partial charge is 0.459 e. The molecule has 3 heteroatoms. The van der Waals surface area contributed by atoms with E-state index in [-0.39, 0.29) is 12.2 Å². The van der Waals surface area contributed by atoms with E-state index in [1.807, 2.05) is 0 Å². The number of ether oxygens (including phenoxy) is 1. The van der Waals surface area contributed by atoms with E-state index in [2.05, 4.69) is 11.3 Å². The molecule has 0 aromatic rings. The predicted octanol–water partition coefficient (Wildman–Crippen LogP) is -0.540. The van der Waals surface area contributed by atoms with Gasteiger partial charge in [0.25, 0.3) is 0 Å². The number of aliphatic hydroxyl groups excluding tert-OH is 1. The smallest absolute Gasteiger partial charge is 0.336 e. The second-order valence-corrected chi connectivity index (χ2v) is 1.64. The molecule has 0 spiro atoms. The summed E-state index contributed by atoms with van der Waals surface area (Å²) in [6.45, 7) is 3.36. The van der Waals surface area contributed by atoms with Gasteiger partial charge in [0, 0.05) is 0 Å². The van der Waals surface area contributed by atoms with Gasteiger partial charge in [0.1, 0.15) is 12.7 Å². The number of aliphatic hydroxyl groups is 1. The molecule has 0 bridgehead atoms. The highest BCUT2D eigenvalue weighted by Crippen LogP contribution is 2.10. The Kier molecular flexibility index (Phi) is 1.06. The molecule has 1 rings (SSSR count). The standard InChI is InChI=1S/C5H6O3/c1-3-4(6)2-8-5(3)7/h4,6H,1-2H2/t4-/m0/s1. The Labute approximate surface area is 46.6 Å². The molecular formula is C5H6O3. The molecule has 1 saturated heterocycles. The third kappa shape index (κ3) is 0.607. The maximum Gasteiger partial charge on any atom is 0.336 e. The molecule has 0 aliphatic carbocycles. The fraction of sp³-hybridized carbons (Fsp3) is 0.400. The summed E-state index contributed by atoms with van der Waals surface area (Å²) in [6, 6.07) is 0. The molecule has 1 fully saturated rings. The zero-order valence-electron chi connectivity index (χ0n) is 4.26. The van der Waals surface area contributed by atoms with Crippen LogP contribution in [0.25, 0.3) is 0 Å². The minimum Gasteiger partial charge on any atom is -0.459 e. The van der Waals surface area contributed by atoms with Crippen molar-refractivity contribution >= 4 is 5.97 Å². The SMILES string of the molecule is C=C1C(=O)OC[C@@H]1O. The van der Waals surface area contributed by atoms with Crippen LogP contribution in [-0.2, 0) is 9.53 Å². The summed E-state index contributed by atoms with van der Waals surface area (Å²) < 4.78 is 4.39. The fourth-order valence-electron chi connectivity index (χ4n) is 0.484. The lowest BCUT2D eigenvalue weighted by atomic mass is 10.2. The average Bonchev–Trinajstić information content (AvgIpc) is 1.98. The maximum atomic E-state index is 10.3. The molecule has 0 radical (unpaired) electrons.